The van der Waals surface area contributed by atoms with E-state index in [1.54, 1.807) is 6.92 Å². The van der Waals surface area contributed by atoms with Crippen LogP contribution in [0.25, 0.3) is 0 Å². The number of carbonyl (C=O) groups is 1. The molecule has 0 bridgehead atoms. The third kappa shape index (κ3) is 1.95. The second kappa shape index (κ2) is 3.41. The van der Waals surface area contributed by atoms with Gasteiger partial charge in [0.15, 0.2) is 0 Å². The average Bonchev–Trinajstić information content (AvgIpc) is 2.84. The second-order valence-electron chi connectivity index (χ2n) is 3.37. The molecular weight excluding hydrogens is 156 g/mol. The maximum absolute atomic E-state index is 11.0. The maximum Gasteiger partial charge on any atom is 0.322 e. The molecule has 12 heavy (non-hydrogen) atoms. The van der Waals surface area contributed by atoms with Crippen molar-refractivity contribution < 1.29 is 9.53 Å². The molecule has 0 spiro atoms. The van der Waals surface area contributed by atoms with Gasteiger partial charge in [-0.25, -0.2) is 0 Å². The van der Waals surface area contributed by atoms with Gasteiger partial charge < -0.3 is 10.5 Å². The molecule has 1 rings (SSSR count). The molecule has 1 aliphatic rings. The minimum absolute atomic E-state index is 0.0214. The lowest BCUT2D eigenvalue weighted by Gasteiger charge is -2.19. The lowest BCUT2D eigenvalue weighted by Crippen LogP contribution is -2.47. The highest BCUT2D eigenvalue weighted by Crippen LogP contribution is 2.34. The van der Waals surface area contributed by atoms with Gasteiger partial charge in [0.25, 0.3) is 0 Å². The van der Waals surface area contributed by atoms with Gasteiger partial charge in [0.1, 0.15) is 6.04 Å². The summed E-state index contributed by atoms with van der Waals surface area (Å²) in [4.78, 5) is 11.0. The predicted octanol–water partition coefficient (Wildman–Crippen LogP) is -0.371. The number of nitrogens with one attached hydrogen (secondary N) is 1. The minimum atomic E-state index is -0.249. The lowest BCUT2D eigenvalue weighted by molar-refractivity contribution is -0.142. The Morgan fingerprint density at radius 2 is 2.33 bits per heavy atom. The van der Waals surface area contributed by atoms with Crippen molar-refractivity contribution in [3.63, 3.8) is 0 Å². The maximum atomic E-state index is 11.0. The summed E-state index contributed by atoms with van der Waals surface area (Å²) in [6.45, 7) is 2.38. The van der Waals surface area contributed by atoms with E-state index < -0.39 is 0 Å². The molecular formula is C8H16N2O2. The highest BCUT2D eigenvalue weighted by molar-refractivity contribution is 5.75. The summed E-state index contributed by atoms with van der Waals surface area (Å²) < 4.78 is 4.59. The van der Waals surface area contributed by atoms with Gasteiger partial charge in [-0.3, -0.25) is 10.1 Å². The fourth-order valence-electron chi connectivity index (χ4n) is 1.25. The summed E-state index contributed by atoms with van der Waals surface area (Å²) in [5.41, 5.74) is 5.57. The second-order valence-corrected chi connectivity index (χ2v) is 3.37. The van der Waals surface area contributed by atoms with Crippen molar-refractivity contribution in [1.82, 2.24) is 5.32 Å². The Labute approximate surface area is 72.5 Å². The summed E-state index contributed by atoms with van der Waals surface area (Å²) in [7, 11) is 1.39. The first kappa shape index (κ1) is 9.48. The van der Waals surface area contributed by atoms with Crippen LogP contribution in [0.2, 0.25) is 0 Å². The van der Waals surface area contributed by atoms with Gasteiger partial charge in [0, 0.05) is 12.1 Å². The largest absolute Gasteiger partial charge is 0.468 e. The van der Waals surface area contributed by atoms with Gasteiger partial charge in [0.2, 0.25) is 0 Å². The van der Waals surface area contributed by atoms with Gasteiger partial charge in [-0.15, -0.1) is 0 Å². The van der Waals surface area contributed by atoms with Crippen LogP contribution in [0.3, 0.4) is 0 Å². The lowest BCUT2D eigenvalue weighted by atomic mass is 10.2. The van der Waals surface area contributed by atoms with Crippen molar-refractivity contribution in [2.45, 2.75) is 31.3 Å². The molecule has 0 heterocycles. The minimum Gasteiger partial charge on any atom is -0.468 e. The van der Waals surface area contributed by atoms with Crippen molar-refractivity contribution >= 4 is 5.97 Å². The van der Waals surface area contributed by atoms with Crippen LogP contribution in [-0.2, 0) is 9.53 Å². The van der Waals surface area contributed by atoms with Gasteiger partial charge in [-0.05, 0) is 19.8 Å². The first-order chi connectivity index (χ1) is 5.63. The standard InChI is InChI=1S/C8H16N2O2/c1-6(7(11)12-2)10-8(5-9)3-4-8/h6,10H,3-5,9H2,1-2H3/t6-/m1/s1. The smallest absolute Gasteiger partial charge is 0.322 e. The van der Waals surface area contributed by atoms with Crippen LogP contribution in [0.4, 0.5) is 0 Å². The molecule has 0 aromatic carbocycles. The Bertz CT molecular complexity index is 178. The number of carbonyl (C=O) groups excluding carboxylic acids is 1. The fraction of sp³-hybridized carbons (Fsp3) is 0.875. The molecule has 0 aromatic heterocycles. The Hall–Kier alpha value is -0.610. The van der Waals surface area contributed by atoms with E-state index in [4.69, 9.17) is 5.73 Å². The van der Waals surface area contributed by atoms with Crippen molar-refractivity contribution in [1.29, 1.82) is 0 Å². The van der Waals surface area contributed by atoms with Crippen molar-refractivity contribution in [3.05, 3.63) is 0 Å². The van der Waals surface area contributed by atoms with E-state index in [-0.39, 0.29) is 17.6 Å². The summed E-state index contributed by atoms with van der Waals surface area (Å²) in [5.74, 6) is -0.227. The number of nitrogens with two attached hydrogens (primary N) is 1. The van der Waals surface area contributed by atoms with Crippen LogP contribution in [0.1, 0.15) is 19.8 Å². The molecule has 4 heteroatoms. The van der Waals surface area contributed by atoms with Crippen LogP contribution < -0.4 is 11.1 Å². The van der Waals surface area contributed by atoms with Gasteiger partial charge in [-0.1, -0.05) is 0 Å². The molecule has 0 saturated heterocycles. The SMILES string of the molecule is COC(=O)[C@@H](C)NC1(CN)CC1. The number of ether oxygens (including phenoxy) is 1. The van der Waals surface area contributed by atoms with Crippen LogP contribution in [0, 0.1) is 0 Å². The number of hydrogen-bond donors (Lipinski definition) is 2. The third-order valence-electron chi connectivity index (χ3n) is 2.32. The summed E-state index contributed by atoms with van der Waals surface area (Å²) >= 11 is 0. The average molecular weight is 172 g/mol. The van der Waals surface area contributed by atoms with E-state index in [1.165, 1.54) is 7.11 Å². The Kier molecular flexibility index (Phi) is 2.69. The van der Waals surface area contributed by atoms with E-state index >= 15 is 0 Å². The van der Waals surface area contributed by atoms with E-state index in [9.17, 15) is 4.79 Å². The Morgan fingerprint density at radius 3 is 2.67 bits per heavy atom. The fourth-order valence-corrected chi connectivity index (χ4v) is 1.25. The molecule has 3 N–H and O–H groups in total. The molecule has 70 valence electrons. The number of rotatable bonds is 4. The highest BCUT2D eigenvalue weighted by atomic mass is 16.5. The molecule has 1 fully saturated rings. The summed E-state index contributed by atoms with van der Waals surface area (Å²) in [5, 5.41) is 3.17. The molecule has 1 aliphatic carbocycles. The van der Waals surface area contributed by atoms with E-state index in [0.717, 1.165) is 12.8 Å². The Balaban J connectivity index is 2.35. The zero-order valence-corrected chi connectivity index (χ0v) is 7.59. The summed E-state index contributed by atoms with van der Waals surface area (Å²) in [6.07, 6.45) is 2.12. The normalized spacial score (nSPS) is 21.6. The van der Waals surface area contributed by atoms with Crippen LogP contribution in [0.15, 0.2) is 0 Å². The van der Waals surface area contributed by atoms with Crippen LogP contribution >= 0.6 is 0 Å². The van der Waals surface area contributed by atoms with Crippen molar-refractivity contribution in [2.24, 2.45) is 5.73 Å². The molecule has 0 amide bonds. The van der Waals surface area contributed by atoms with Crippen molar-refractivity contribution in [3.8, 4) is 0 Å². The number of methoxy groups -OCH3 is 1. The first-order valence-electron chi connectivity index (χ1n) is 4.19. The zero-order chi connectivity index (χ0) is 9.19. The van der Waals surface area contributed by atoms with Gasteiger partial charge in [0.05, 0.1) is 7.11 Å². The van der Waals surface area contributed by atoms with Gasteiger partial charge in [-0.2, -0.15) is 0 Å². The molecule has 1 saturated carbocycles. The van der Waals surface area contributed by atoms with Crippen LogP contribution in [-0.4, -0.2) is 31.2 Å². The first-order valence-corrected chi connectivity index (χ1v) is 4.19. The van der Waals surface area contributed by atoms with E-state index in [0.29, 0.717) is 6.54 Å². The monoisotopic (exact) mass is 172 g/mol. The molecule has 1 atom stereocenters. The molecule has 0 unspecified atom stereocenters. The molecule has 0 aliphatic heterocycles. The number of hydrogen-bond acceptors (Lipinski definition) is 4. The molecule has 0 aromatic rings. The summed E-state index contributed by atoms with van der Waals surface area (Å²) in [6, 6.07) is -0.249. The zero-order valence-electron chi connectivity index (χ0n) is 7.59. The van der Waals surface area contributed by atoms with Crippen molar-refractivity contribution in [2.75, 3.05) is 13.7 Å². The van der Waals surface area contributed by atoms with E-state index in [1.807, 2.05) is 0 Å². The van der Waals surface area contributed by atoms with Crippen LogP contribution in [0.5, 0.6) is 0 Å². The third-order valence-corrected chi connectivity index (χ3v) is 2.32. The van der Waals surface area contributed by atoms with E-state index in [2.05, 4.69) is 10.1 Å². The number of esters is 1. The quantitative estimate of drug-likeness (QED) is 0.568. The highest BCUT2D eigenvalue weighted by Gasteiger charge is 2.42. The molecule has 0 radical (unpaired) electrons. The predicted molar refractivity (Wildman–Crippen MR) is 45.6 cm³/mol. The molecule has 4 nitrogen and oxygen atoms in total. The van der Waals surface area contributed by atoms with Gasteiger partial charge >= 0.3 is 5.97 Å². The Morgan fingerprint density at radius 1 is 1.75 bits per heavy atom. The topological polar surface area (TPSA) is 64.3 Å².